The van der Waals surface area contributed by atoms with Crippen LogP contribution in [-0.4, -0.2) is 57.9 Å². The Morgan fingerprint density at radius 1 is 0.386 bits per heavy atom. The van der Waals surface area contributed by atoms with Crippen LogP contribution in [-0.2, 0) is 41.6 Å². The highest BCUT2D eigenvalue weighted by Gasteiger charge is 2.13. The molecule has 0 spiro atoms. The Balaban J connectivity index is -0.000000277. The first-order valence-electron chi connectivity index (χ1n) is 28.5. The number of carbonyl (C=O) groups excluding carboxylic acids is 1. The number of ether oxygens (including phenoxy) is 1. The highest BCUT2D eigenvalue weighted by atomic mass is 16.5. The van der Waals surface area contributed by atoms with E-state index in [0.29, 0.717) is 6.47 Å². The molecule has 0 aromatic heterocycles. The van der Waals surface area contributed by atoms with Crippen LogP contribution in [0.4, 0.5) is 0 Å². The van der Waals surface area contributed by atoms with Crippen LogP contribution in [0.2, 0.25) is 0 Å². The zero-order valence-electron chi connectivity index (χ0n) is 52.3. The quantitative estimate of drug-likeness (QED) is 0.117. The van der Waals surface area contributed by atoms with E-state index in [2.05, 4.69) is 212 Å². The fraction of sp³-hybridized carbons (Fsp3) is 0.301. The van der Waals surface area contributed by atoms with Crippen molar-refractivity contribution >= 4 is 41.1 Å². The van der Waals surface area contributed by atoms with E-state index in [-0.39, 0.29) is 0 Å². The molecule has 0 radical (unpaired) electrons. The summed E-state index contributed by atoms with van der Waals surface area (Å²) >= 11 is 0. The number of rotatable bonds is 6. The Kier molecular flexibility index (Phi) is 64.3. The zero-order valence-corrected chi connectivity index (χ0v) is 52.3. The number of carboxylic acids is 4. The van der Waals surface area contributed by atoms with E-state index >= 15 is 0 Å². The summed E-state index contributed by atoms with van der Waals surface area (Å²) in [5.41, 5.74) is 8.13. The molecule has 0 unspecified atom stereocenters. The van der Waals surface area contributed by atoms with Crippen molar-refractivity contribution in [2.75, 3.05) is 7.11 Å². The van der Waals surface area contributed by atoms with Crippen LogP contribution in [0.25, 0.3) is 21.9 Å². The third kappa shape index (κ3) is 60.8. The lowest BCUT2D eigenvalue weighted by atomic mass is 9.85. The minimum atomic E-state index is -0.833. The molecule has 10 heteroatoms. The number of hydrogen-bond acceptors (Lipinski definition) is 6. The maximum atomic E-state index is 9.00. The van der Waals surface area contributed by atoms with Gasteiger partial charge in [-0.05, 0) is 64.3 Å². The lowest BCUT2D eigenvalue weighted by Gasteiger charge is -2.21. The van der Waals surface area contributed by atoms with Crippen LogP contribution in [0.1, 0.15) is 137 Å². The van der Waals surface area contributed by atoms with Crippen molar-refractivity contribution in [3.63, 3.8) is 0 Å². The molecule has 0 heterocycles. The summed E-state index contributed by atoms with van der Waals surface area (Å²) in [6.45, 7) is 22.8. The Bertz CT molecular complexity index is 2420. The summed E-state index contributed by atoms with van der Waals surface area (Å²) in [6.07, 6.45) is 9.62. The van der Waals surface area contributed by atoms with Gasteiger partial charge in [0, 0.05) is 27.7 Å². The molecule has 83 heavy (non-hydrogen) atoms. The largest absolute Gasteiger partial charge is 0.481 e. The van der Waals surface area contributed by atoms with Gasteiger partial charge in [-0.1, -0.05) is 324 Å². The number of carbonyl (C=O) groups is 5. The molecule has 1 aliphatic carbocycles. The average molecular weight is 1140 g/mol. The third-order valence-electron chi connectivity index (χ3n) is 9.76. The molecule has 8 aromatic carbocycles. The number of fused-ring (bicyclic) bond motifs is 1. The van der Waals surface area contributed by atoms with Crippen molar-refractivity contribution < 1.29 is 49.1 Å². The zero-order chi connectivity index (χ0) is 63.7. The van der Waals surface area contributed by atoms with Crippen molar-refractivity contribution in [3.05, 3.63) is 253 Å². The maximum absolute atomic E-state index is 9.00. The molecule has 452 valence electrons. The molecule has 1 fully saturated rings. The van der Waals surface area contributed by atoms with Crippen molar-refractivity contribution in [3.8, 4) is 11.1 Å². The van der Waals surface area contributed by atoms with Gasteiger partial charge in [-0.15, -0.1) is 0 Å². The van der Waals surface area contributed by atoms with Crippen LogP contribution in [0.15, 0.2) is 231 Å². The Labute approximate surface area is 499 Å². The van der Waals surface area contributed by atoms with Gasteiger partial charge in [0.15, 0.2) is 0 Å². The molecule has 0 atom stereocenters. The average Bonchev–Trinajstić information content (AvgIpc) is 3.54. The Morgan fingerprint density at radius 2 is 0.602 bits per heavy atom. The van der Waals surface area contributed by atoms with Crippen molar-refractivity contribution in [1.82, 2.24) is 0 Å². The second kappa shape index (κ2) is 64.2. The van der Waals surface area contributed by atoms with Crippen LogP contribution in [0, 0.1) is 12.8 Å². The van der Waals surface area contributed by atoms with Crippen molar-refractivity contribution in [2.45, 2.75) is 135 Å². The maximum Gasteiger partial charge on any atom is 0.300 e. The van der Waals surface area contributed by atoms with Gasteiger partial charge in [-0.2, -0.15) is 0 Å². The summed E-state index contributed by atoms with van der Waals surface area (Å²) in [4.78, 5) is 45.0. The second-order valence-corrected chi connectivity index (χ2v) is 16.5. The first-order chi connectivity index (χ1) is 40.1. The SMILES string of the molecule is CC.CC.CC.CC.CC(=O)O.CC(=O)O.CC(=O)O.CC(=O)O.COC=O.Cc1ccccc1.c1ccc(-c2ccccc2)cc1.c1ccc(CC2CCCCC2)cc1.c1ccc(Cc2ccccc2)cc1.c1ccc2ccccc2c1. The van der Waals surface area contributed by atoms with Crippen LogP contribution < -0.4 is 0 Å². The molecule has 4 N–H and O–H groups in total. The normalized spacial score (nSPS) is 9.57. The number of aliphatic carboxylic acids is 4. The highest BCUT2D eigenvalue weighted by Crippen LogP contribution is 2.26. The molecule has 9 rings (SSSR count). The first-order valence-corrected chi connectivity index (χ1v) is 28.5. The van der Waals surface area contributed by atoms with Gasteiger partial charge in [-0.25, -0.2) is 0 Å². The van der Waals surface area contributed by atoms with Crippen molar-refractivity contribution in [2.24, 2.45) is 5.92 Å². The highest BCUT2D eigenvalue weighted by molar-refractivity contribution is 5.82. The Hall–Kier alpha value is -8.63. The fourth-order valence-corrected chi connectivity index (χ4v) is 6.69. The van der Waals surface area contributed by atoms with E-state index in [0.717, 1.165) is 40.0 Å². The van der Waals surface area contributed by atoms with E-state index < -0.39 is 23.9 Å². The smallest absolute Gasteiger partial charge is 0.300 e. The predicted octanol–water partition coefficient (Wildman–Crippen LogP) is 19.5. The second-order valence-electron chi connectivity index (χ2n) is 16.5. The molecular formula is C73H100O10. The number of aryl methyl sites for hydroxylation is 1. The number of carboxylic acid groups (broad SMARTS) is 4. The van der Waals surface area contributed by atoms with Gasteiger partial charge in [0.2, 0.25) is 0 Å². The minimum Gasteiger partial charge on any atom is -0.481 e. The summed E-state index contributed by atoms with van der Waals surface area (Å²) < 4.78 is 3.86. The summed E-state index contributed by atoms with van der Waals surface area (Å²) in [7, 11) is 1.31. The lowest BCUT2D eigenvalue weighted by Crippen LogP contribution is -2.08. The minimum absolute atomic E-state index is 0.375. The molecule has 1 aliphatic rings. The predicted molar refractivity (Wildman–Crippen MR) is 351 cm³/mol. The van der Waals surface area contributed by atoms with Gasteiger partial charge in [0.25, 0.3) is 30.3 Å². The van der Waals surface area contributed by atoms with E-state index in [4.69, 9.17) is 44.4 Å². The molecule has 10 nitrogen and oxygen atoms in total. The van der Waals surface area contributed by atoms with Gasteiger partial charge >= 0.3 is 0 Å². The van der Waals surface area contributed by atoms with Gasteiger partial charge in [-0.3, -0.25) is 24.0 Å². The van der Waals surface area contributed by atoms with E-state index in [9.17, 15) is 0 Å². The number of methoxy groups -OCH3 is 1. The fourth-order valence-electron chi connectivity index (χ4n) is 6.69. The Morgan fingerprint density at radius 3 is 0.831 bits per heavy atom. The summed E-state index contributed by atoms with van der Waals surface area (Å²) in [5.74, 6) is -2.36. The monoisotopic (exact) mass is 1140 g/mol. The number of benzene rings is 8. The van der Waals surface area contributed by atoms with Crippen LogP contribution in [0.5, 0.6) is 0 Å². The summed E-state index contributed by atoms with van der Waals surface area (Å²) in [6, 6.07) is 79.7. The molecule has 0 aliphatic heterocycles. The van der Waals surface area contributed by atoms with E-state index in [1.54, 1.807) is 0 Å². The van der Waals surface area contributed by atoms with Crippen LogP contribution >= 0.6 is 0 Å². The summed E-state index contributed by atoms with van der Waals surface area (Å²) in [5, 5.41) is 32.3. The van der Waals surface area contributed by atoms with Gasteiger partial charge in [0.05, 0.1) is 7.11 Å². The standard InChI is InChI=1S/C13H18.C13H12.C12H10.C10H8.C7H8.5C2H4O2.4C2H6/c2*1-3-7-12(8-4-1)11-13-9-5-2-6-10-13;1-3-7-11(8-4-1)12-9-5-2-6-10-12;1-2-6-10-8-4-3-7-9(10)5-1;1-7-5-3-2-4-6-7;1-4-2-3;4*1-2(3)4;4*1-2/h1,3-4,7-8,13H,2,5-6,9-11H2;1-10H,11H2;1-10H;1-8H;2-6H,1H3;2H,1H3;4*1H3,(H,3,4);4*1-2H3. The molecule has 0 saturated heterocycles. The first kappa shape index (κ1) is 83.2. The van der Waals surface area contributed by atoms with E-state index in [1.807, 2.05) is 85.7 Å². The number of hydrogen-bond donors (Lipinski definition) is 4. The van der Waals surface area contributed by atoms with Crippen LogP contribution in [0.3, 0.4) is 0 Å². The van der Waals surface area contributed by atoms with Gasteiger partial charge in [0.1, 0.15) is 0 Å². The molecule has 0 amide bonds. The lowest BCUT2D eigenvalue weighted by molar-refractivity contribution is -0.135. The van der Waals surface area contributed by atoms with Gasteiger partial charge < -0.3 is 25.2 Å². The molecule has 1 saturated carbocycles. The van der Waals surface area contributed by atoms with E-state index in [1.165, 1.54) is 89.8 Å². The molecular weight excluding hydrogens is 1040 g/mol. The topological polar surface area (TPSA) is 175 Å². The third-order valence-corrected chi connectivity index (χ3v) is 9.76. The molecule has 0 bridgehead atoms. The molecule has 8 aromatic rings. The van der Waals surface area contributed by atoms with Crippen molar-refractivity contribution in [1.29, 1.82) is 0 Å².